The number of carbonyl (C=O) groups is 1. The number of thiazole rings is 1. The van der Waals surface area contributed by atoms with Crippen molar-refractivity contribution >= 4 is 41.5 Å². The first-order valence-electron chi connectivity index (χ1n) is 7.32. The molecule has 0 radical (unpaired) electrons. The lowest BCUT2D eigenvalue weighted by Gasteiger charge is -2.14. The molecule has 0 aromatic carbocycles. The SMILES string of the molecule is O=C(O)C=Cc1cnc(C=Cc2cnc(N3CCCC3)nc2)s1. The van der Waals surface area contributed by atoms with Crippen LogP contribution in [0.2, 0.25) is 0 Å². The molecule has 6 nitrogen and oxygen atoms in total. The summed E-state index contributed by atoms with van der Waals surface area (Å²) in [5.41, 5.74) is 0.908. The molecule has 1 N–H and O–H groups in total. The predicted molar refractivity (Wildman–Crippen MR) is 91.2 cm³/mol. The topological polar surface area (TPSA) is 79.2 Å². The molecule has 0 saturated carbocycles. The first-order valence-corrected chi connectivity index (χ1v) is 8.14. The highest BCUT2D eigenvalue weighted by atomic mass is 32.1. The molecule has 3 heterocycles. The fourth-order valence-corrected chi connectivity index (χ4v) is 3.00. The molecule has 2 aromatic heterocycles. The van der Waals surface area contributed by atoms with E-state index in [1.165, 1.54) is 30.3 Å². The summed E-state index contributed by atoms with van der Waals surface area (Å²) in [6.45, 7) is 2.06. The van der Waals surface area contributed by atoms with Gasteiger partial charge in [0.1, 0.15) is 5.01 Å². The van der Waals surface area contributed by atoms with Gasteiger partial charge in [0, 0.05) is 48.2 Å². The van der Waals surface area contributed by atoms with Crippen molar-refractivity contribution in [3.63, 3.8) is 0 Å². The Labute approximate surface area is 137 Å². The molecular weight excluding hydrogens is 312 g/mol. The Morgan fingerprint density at radius 2 is 1.83 bits per heavy atom. The molecule has 0 bridgehead atoms. The fourth-order valence-electron chi connectivity index (χ4n) is 2.27. The summed E-state index contributed by atoms with van der Waals surface area (Å²) in [6.07, 6.45) is 14.1. The minimum atomic E-state index is -0.967. The van der Waals surface area contributed by atoms with Gasteiger partial charge in [0.05, 0.1) is 0 Å². The van der Waals surface area contributed by atoms with Gasteiger partial charge in [0.2, 0.25) is 5.95 Å². The van der Waals surface area contributed by atoms with Gasteiger partial charge in [-0.1, -0.05) is 0 Å². The number of rotatable bonds is 5. The fraction of sp³-hybridized carbons (Fsp3) is 0.250. The Morgan fingerprint density at radius 1 is 1.09 bits per heavy atom. The van der Waals surface area contributed by atoms with Crippen molar-refractivity contribution < 1.29 is 9.90 Å². The molecule has 23 heavy (non-hydrogen) atoms. The van der Waals surface area contributed by atoms with Crippen LogP contribution >= 0.6 is 11.3 Å². The minimum Gasteiger partial charge on any atom is -0.478 e. The van der Waals surface area contributed by atoms with Gasteiger partial charge in [-0.3, -0.25) is 0 Å². The summed E-state index contributed by atoms with van der Waals surface area (Å²) in [5.74, 6) is -0.180. The Hall–Kier alpha value is -2.54. The highest BCUT2D eigenvalue weighted by Crippen LogP contribution is 2.18. The highest BCUT2D eigenvalue weighted by Gasteiger charge is 2.13. The van der Waals surface area contributed by atoms with E-state index in [0.717, 1.165) is 40.6 Å². The number of nitrogens with zero attached hydrogens (tertiary/aromatic N) is 4. The van der Waals surface area contributed by atoms with E-state index in [2.05, 4.69) is 19.9 Å². The number of hydrogen-bond donors (Lipinski definition) is 1. The molecule has 1 fully saturated rings. The highest BCUT2D eigenvalue weighted by molar-refractivity contribution is 7.13. The summed E-state index contributed by atoms with van der Waals surface area (Å²) in [7, 11) is 0. The lowest BCUT2D eigenvalue weighted by Crippen LogP contribution is -2.20. The normalized spacial score (nSPS) is 15.0. The number of aliphatic carboxylic acids is 1. The molecular formula is C16H16N4O2S. The van der Waals surface area contributed by atoms with Gasteiger partial charge in [-0.05, 0) is 31.1 Å². The second kappa shape index (κ2) is 7.15. The molecule has 3 rings (SSSR count). The quantitative estimate of drug-likeness (QED) is 0.850. The van der Waals surface area contributed by atoms with Gasteiger partial charge in [0.15, 0.2) is 0 Å². The zero-order valence-corrected chi connectivity index (χ0v) is 13.2. The number of hydrogen-bond acceptors (Lipinski definition) is 6. The van der Waals surface area contributed by atoms with Crippen LogP contribution < -0.4 is 4.90 Å². The Balaban J connectivity index is 1.64. The molecule has 7 heteroatoms. The lowest BCUT2D eigenvalue weighted by atomic mass is 10.3. The van der Waals surface area contributed by atoms with E-state index in [4.69, 9.17) is 5.11 Å². The molecule has 1 aliphatic heterocycles. The molecule has 0 atom stereocenters. The summed E-state index contributed by atoms with van der Waals surface area (Å²) in [6, 6.07) is 0. The molecule has 0 unspecified atom stereocenters. The lowest BCUT2D eigenvalue weighted by molar-refractivity contribution is -0.131. The van der Waals surface area contributed by atoms with E-state index >= 15 is 0 Å². The number of anilines is 1. The first kappa shape index (κ1) is 15.4. The zero-order chi connectivity index (χ0) is 16.1. The average molecular weight is 328 g/mol. The van der Waals surface area contributed by atoms with Gasteiger partial charge in [-0.15, -0.1) is 11.3 Å². The van der Waals surface area contributed by atoms with Crippen LogP contribution in [0, 0.1) is 0 Å². The second-order valence-electron chi connectivity index (χ2n) is 5.12. The van der Waals surface area contributed by atoms with Crippen molar-refractivity contribution in [1.29, 1.82) is 0 Å². The van der Waals surface area contributed by atoms with E-state index in [1.54, 1.807) is 18.6 Å². The van der Waals surface area contributed by atoms with Gasteiger partial charge < -0.3 is 10.0 Å². The van der Waals surface area contributed by atoms with E-state index in [-0.39, 0.29) is 0 Å². The van der Waals surface area contributed by atoms with Crippen LogP contribution in [0.3, 0.4) is 0 Å². The molecule has 1 aliphatic rings. The third kappa shape index (κ3) is 4.23. The standard InChI is InChI=1S/C16H16N4O2S/c21-15(22)6-4-13-11-17-14(23-13)5-3-12-9-18-16(19-10-12)20-7-1-2-8-20/h3-6,9-11H,1-2,7-8H2,(H,21,22). The van der Waals surface area contributed by atoms with E-state index in [1.807, 2.05) is 12.2 Å². The average Bonchev–Trinajstić information content (AvgIpc) is 3.23. The van der Waals surface area contributed by atoms with Crippen LogP contribution in [-0.4, -0.2) is 39.1 Å². The Kier molecular flexibility index (Phi) is 4.77. The molecule has 0 aliphatic carbocycles. The van der Waals surface area contributed by atoms with E-state index in [0.29, 0.717) is 0 Å². The summed E-state index contributed by atoms with van der Waals surface area (Å²) in [4.78, 5) is 26.5. The van der Waals surface area contributed by atoms with Crippen molar-refractivity contribution in [2.24, 2.45) is 0 Å². The number of carboxylic acids is 1. The van der Waals surface area contributed by atoms with Crippen molar-refractivity contribution in [2.75, 3.05) is 18.0 Å². The minimum absolute atomic E-state index is 0.787. The van der Waals surface area contributed by atoms with Crippen molar-refractivity contribution in [1.82, 2.24) is 15.0 Å². The van der Waals surface area contributed by atoms with Crippen LogP contribution in [0.5, 0.6) is 0 Å². The van der Waals surface area contributed by atoms with Crippen LogP contribution in [0.25, 0.3) is 18.2 Å². The first-order chi connectivity index (χ1) is 11.2. The molecule has 0 spiro atoms. The molecule has 1 saturated heterocycles. The maximum Gasteiger partial charge on any atom is 0.328 e. The van der Waals surface area contributed by atoms with Crippen LogP contribution in [0.4, 0.5) is 5.95 Å². The van der Waals surface area contributed by atoms with Crippen LogP contribution in [0.1, 0.15) is 28.3 Å². The second-order valence-corrected chi connectivity index (χ2v) is 6.21. The monoisotopic (exact) mass is 328 g/mol. The van der Waals surface area contributed by atoms with Gasteiger partial charge in [-0.2, -0.15) is 0 Å². The number of aromatic nitrogens is 3. The third-order valence-electron chi connectivity index (χ3n) is 3.40. The number of carboxylic acid groups (broad SMARTS) is 1. The molecule has 118 valence electrons. The predicted octanol–water partition coefficient (Wildman–Crippen LogP) is 2.80. The maximum atomic E-state index is 10.5. The van der Waals surface area contributed by atoms with Crippen LogP contribution in [-0.2, 0) is 4.79 Å². The Morgan fingerprint density at radius 3 is 2.52 bits per heavy atom. The van der Waals surface area contributed by atoms with Gasteiger partial charge >= 0.3 is 5.97 Å². The van der Waals surface area contributed by atoms with Crippen molar-refractivity contribution in [2.45, 2.75) is 12.8 Å². The smallest absolute Gasteiger partial charge is 0.328 e. The maximum absolute atomic E-state index is 10.5. The van der Waals surface area contributed by atoms with Gasteiger partial charge in [-0.25, -0.2) is 19.7 Å². The van der Waals surface area contributed by atoms with Gasteiger partial charge in [0.25, 0.3) is 0 Å². The van der Waals surface area contributed by atoms with E-state index < -0.39 is 5.97 Å². The van der Waals surface area contributed by atoms with Crippen LogP contribution in [0.15, 0.2) is 24.7 Å². The molecule has 0 amide bonds. The molecule has 2 aromatic rings. The summed E-state index contributed by atoms with van der Waals surface area (Å²) in [5, 5.41) is 9.41. The summed E-state index contributed by atoms with van der Waals surface area (Å²) >= 11 is 1.42. The third-order valence-corrected chi connectivity index (χ3v) is 4.32. The largest absolute Gasteiger partial charge is 0.478 e. The Bertz CT molecular complexity index is 731. The summed E-state index contributed by atoms with van der Waals surface area (Å²) < 4.78 is 0. The van der Waals surface area contributed by atoms with Crippen molar-refractivity contribution in [3.05, 3.63) is 40.1 Å². The zero-order valence-electron chi connectivity index (χ0n) is 12.4. The van der Waals surface area contributed by atoms with Crippen molar-refractivity contribution in [3.8, 4) is 0 Å². The van der Waals surface area contributed by atoms with E-state index in [9.17, 15) is 4.79 Å².